The van der Waals surface area contributed by atoms with E-state index in [1.165, 1.54) is 14.0 Å². The van der Waals surface area contributed by atoms with Crippen LogP contribution in [0.15, 0.2) is 109 Å². The Bertz CT molecular complexity index is 3450. The van der Waals surface area contributed by atoms with Gasteiger partial charge >= 0.3 is 24.8 Å². The van der Waals surface area contributed by atoms with Crippen LogP contribution in [-0.2, 0) is 33.5 Å². The molecule has 0 radical (unpaired) electrons. The van der Waals surface area contributed by atoms with Gasteiger partial charge in [-0.1, -0.05) is 125 Å². The molecule has 0 unspecified atom stereocenters. The molecule has 4 saturated heterocycles. The number of likely N-dealkylation sites (tertiary alicyclic amines) is 4. The summed E-state index contributed by atoms with van der Waals surface area (Å²) in [4.78, 5) is 99.6. The number of halogens is 2. The number of pyridine rings is 2. The fraction of sp³-hybridized carbons (Fsp3) is 0.493. The van der Waals surface area contributed by atoms with Crippen LogP contribution in [0.25, 0.3) is 44.3 Å². The van der Waals surface area contributed by atoms with E-state index in [0.29, 0.717) is 34.9 Å². The van der Waals surface area contributed by atoms with Gasteiger partial charge in [-0.05, 0) is 85.5 Å². The number of benzene rings is 4. The Kier molecular flexibility index (Phi) is 28.3. The average Bonchev–Trinajstić information content (AvgIpc) is 1.41. The minimum atomic E-state index is -0.811. The first-order valence-electron chi connectivity index (χ1n) is 31.2. The van der Waals surface area contributed by atoms with E-state index >= 15 is 0 Å². The Labute approximate surface area is 567 Å². The number of rotatable bonds is 16. The predicted molar refractivity (Wildman–Crippen MR) is 357 cm³/mol. The molecule has 492 valence electrons. The van der Waals surface area contributed by atoms with Crippen molar-refractivity contribution < 1.29 is 81.5 Å². The third-order valence-electron chi connectivity index (χ3n) is 17.6. The molecule has 6 atom stereocenters. The van der Waals surface area contributed by atoms with Gasteiger partial charge in [0, 0.05) is 98.0 Å². The summed E-state index contributed by atoms with van der Waals surface area (Å²) in [6.07, 6.45) is 6.26. The molecule has 4 fully saturated rings. The van der Waals surface area contributed by atoms with Gasteiger partial charge < -0.3 is 53.5 Å². The standard InChI is InChI=1S/C35H43N3O6.C35H43N3O5.CH3I.FH.Li.H2O/c1-35(2,3)27(20-32(39)37-16-10-7-11-17-37)33(40)38-22-25(19-30(38)34(41)43-5)44-31-21-28(23-12-8-6-9-13-23)36-29-18-24(42-4)14-15-26(29)31;1-23(39)31-19-26(22-38(31)34(41)28(35(2,3)4)20-33(40)37-16-10-7-11-17-37)43-32-21-29(24-12-8-6-9-13-24)36-30-18-25(42-5)14-15-27(30)32;1-2;;;/h6,8-9,12-15,18,21,25,27,30H,7,10-11,16-17,19-20,22H2,1-5H3;6,8-9,12-15,18,21,26,28,31H,7,10-11,16-17,19-20,22H2,1-5H3;1H3;1H;;1H2/q;;;;+1;/p-2/t25-,27-,30+;26-,28-,31+;;;;/m11..../s1. The van der Waals surface area contributed by atoms with Crippen molar-refractivity contribution in [3.05, 3.63) is 109 Å². The number of fused-ring (bicyclic) bond motifs is 2. The van der Waals surface area contributed by atoms with E-state index in [1.54, 1.807) is 24.0 Å². The number of methoxy groups -OCH3 is 3. The molecule has 21 heteroatoms. The first-order chi connectivity index (χ1) is 42.6. The summed E-state index contributed by atoms with van der Waals surface area (Å²) >= 11 is 2.15. The van der Waals surface area contributed by atoms with E-state index in [0.717, 1.165) is 104 Å². The van der Waals surface area contributed by atoms with Crippen molar-refractivity contribution in [2.45, 2.75) is 137 Å². The number of Topliss-reactive ketones (excluding diaryl/α,β-unsaturated/α-hetero) is 1. The maximum absolute atomic E-state index is 14.2. The first kappa shape index (κ1) is 75.9. The van der Waals surface area contributed by atoms with E-state index in [2.05, 4.69) is 22.6 Å². The largest absolute Gasteiger partial charge is 1.00 e. The molecular formula is C71H90FILiN6O12-. The number of piperidine rings is 2. The summed E-state index contributed by atoms with van der Waals surface area (Å²) < 4.78 is 29.3. The van der Waals surface area contributed by atoms with Gasteiger partial charge in [-0.3, -0.25) is 24.0 Å². The maximum Gasteiger partial charge on any atom is 1.00 e. The van der Waals surface area contributed by atoms with Crippen LogP contribution < -0.4 is 42.5 Å². The molecule has 0 aliphatic carbocycles. The molecule has 1 N–H and O–H groups in total. The van der Waals surface area contributed by atoms with Crippen molar-refractivity contribution in [3.63, 3.8) is 0 Å². The normalized spacial score (nSPS) is 18.6. The van der Waals surface area contributed by atoms with Gasteiger partial charge in [0.25, 0.3) is 0 Å². The van der Waals surface area contributed by atoms with Crippen LogP contribution in [-0.4, -0.2) is 160 Å². The third kappa shape index (κ3) is 18.7. The summed E-state index contributed by atoms with van der Waals surface area (Å²) in [5.74, 6) is 0.540. The SMILES string of the molecule is CI.COC(=O)[C@@H]1C[C@@H](Oc2cc(-c3ccccc3)nc3cc(OC)ccc23)CN1C(=O)[C@@H](CC(=O)N1CCCCC1)C(C)(C)C.COc1ccc2c(O[C@@H]3C[C@@H](C(C)=O)N(C(=O)[C@@H](CC(=O)N4CCCCC4)C(C)(C)C)C3)cc(-c3ccccc3)nc2c1.[F-].[Li+].[OH-]. The summed E-state index contributed by atoms with van der Waals surface area (Å²) in [6, 6.07) is 33.4. The van der Waals surface area contributed by atoms with Crippen LogP contribution in [0, 0.1) is 22.7 Å². The summed E-state index contributed by atoms with van der Waals surface area (Å²) in [5, 5.41) is 1.62. The van der Waals surface area contributed by atoms with Crippen molar-refractivity contribution in [2.75, 3.05) is 65.5 Å². The van der Waals surface area contributed by atoms with Crippen LogP contribution in [0.3, 0.4) is 0 Å². The number of ether oxygens (including phenoxy) is 5. The molecule has 6 aromatic rings. The van der Waals surface area contributed by atoms with Crippen LogP contribution in [0.4, 0.5) is 0 Å². The smallest absolute Gasteiger partial charge is 1.00 e. The van der Waals surface area contributed by atoms with Crippen molar-refractivity contribution >= 4 is 79.8 Å². The van der Waals surface area contributed by atoms with Gasteiger partial charge in [0.15, 0.2) is 5.78 Å². The fourth-order valence-electron chi connectivity index (χ4n) is 12.5. The number of hydrogen-bond donors (Lipinski definition) is 0. The molecular weight excluding hydrogens is 1280 g/mol. The van der Waals surface area contributed by atoms with Crippen molar-refractivity contribution in [1.82, 2.24) is 29.6 Å². The van der Waals surface area contributed by atoms with E-state index in [4.69, 9.17) is 33.7 Å². The van der Waals surface area contributed by atoms with E-state index in [1.807, 2.05) is 165 Å². The van der Waals surface area contributed by atoms with E-state index in [9.17, 15) is 28.8 Å². The quantitative estimate of drug-likeness (QED) is 0.0451. The Morgan fingerprint density at radius 2 is 0.913 bits per heavy atom. The number of ketones is 1. The topological polar surface area (TPSA) is 217 Å². The van der Waals surface area contributed by atoms with E-state index in [-0.39, 0.29) is 90.8 Å². The fourth-order valence-corrected chi connectivity index (χ4v) is 12.5. The van der Waals surface area contributed by atoms with Crippen molar-refractivity contribution in [1.29, 1.82) is 0 Å². The molecule has 10 rings (SSSR count). The number of nitrogens with zero attached hydrogens (tertiary/aromatic N) is 6. The molecule has 4 aliphatic rings. The number of esters is 1. The average molecular weight is 1370 g/mol. The molecule has 0 saturated carbocycles. The number of hydrogen-bond acceptors (Lipinski definition) is 14. The number of carbonyl (C=O) groups is 6. The van der Waals surface area contributed by atoms with Gasteiger partial charge in [0.05, 0.1) is 74.7 Å². The molecule has 6 heterocycles. The number of carbonyl (C=O) groups excluding carboxylic acids is 6. The molecule has 92 heavy (non-hydrogen) atoms. The van der Waals surface area contributed by atoms with Gasteiger partial charge in [-0.15, -0.1) is 0 Å². The summed E-state index contributed by atoms with van der Waals surface area (Å²) in [5.41, 5.74) is 3.88. The third-order valence-corrected chi connectivity index (χ3v) is 17.6. The second-order valence-corrected chi connectivity index (χ2v) is 25.7. The molecule has 0 bridgehead atoms. The second kappa shape index (κ2) is 34.3. The monoisotopic (exact) mass is 1370 g/mol. The zero-order valence-electron chi connectivity index (χ0n) is 55.5. The van der Waals surface area contributed by atoms with E-state index < -0.39 is 52.9 Å². The van der Waals surface area contributed by atoms with Crippen molar-refractivity contribution in [2.24, 2.45) is 22.7 Å². The number of aromatic nitrogens is 2. The Morgan fingerprint density at radius 1 is 0.543 bits per heavy atom. The zero-order valence-corrected chi connectivity index (χ0v) is 57.7. The van der Waals surface area contributed by atoms with Crippen LogP contribution >= 0.6 is 22.6 Å². The molecule has 0 spiro atoms. The molecule has 18 nitrogen and oxygen atoms in total. The Hall–Kier alpha value is -6.86. The second-order valence-electron chi connectivity index (χ2n) is 25.7. The molecule has 4 amide bonds. The van der Waals surface area contributed by atoms with Crippen molar-refractivity contribution in [3.8, 4) is 45.5 Å². The number of alkyl halides is 1. The minimum Gasteiger partial charge on any atom is -1.00 e. The van der Waals surface area contributed by atoms with Gasteiger partial charge in [0.1, 0.15) is 41.2 Å². The zero-order chi connectivity index (χ0) is 64.2. The summed E-state index contributed by atoms with van der Waals surface area (Å²) in [7, 11) is 4.56. The van der Waals surface area contributed by atoms with Gasteiger partial charge in [-0.2, -0.15) is 0 Å². The van der Waals surface area contributed by atoms with Crippen LogP contribution in [0.1, 0.15) is 113 Å². The van der Waals surface area contributed by atoms with Crippen LogP contribution in [0.2, 0.25) is 0 Å². The maximum atomic E-state index is 14.2. The first-order valence-corrected chi connectivity index (χ1v) is 33.3. The van der Waals surface area contributed by atoms with Gasteiger partial charge in [-0.25, -0.2) is 14.8 Å². The summed E-state index contributed by atoms with van der Waals surface area (Å²) in [6.45, 7) is 16.8. The molecule has 4 aliphatic heterocycles. The Balaban J connectivity index is 0.000000315. The minimum absolute atomic E-state index is 0. The predicted octanol–water partition coefficient (Wildman–Crippen LogP) is 6.29. The van der Waals surface area contributed by atoms with Crippen LogP contribution in [0.5, 0.6) is 23.0 Å². The Morgan fingerprint density at radius 3 is 1.26 bits per heavy atom. The number of amides is 4. The molecule has 2 aromatic heterocycles. The molecule has 4 aromatic carbocycles. The van der Waals surface area contributed by atoms with Gasteiger partial charge in [0.2, 0.25) is 23.6 Å².